The molecule has 29 heavy (non-hydrogen) atoms. The van der Waals surface area contributed by atoms with E-state index in [1.165, 1.54) is 25.3 Å². The van der Waals surface area contributed by atoms with Crippen LogP contribution >= 0.6 is 24.0 Å². The van der Waals surface area contributed by atoms with E-state index in [-0.39, 0.29) is 54.6 Å². The number of benzene rings is 2. The Hall–Kier alpha value is -2.70. The molecule has 158 valence electrons. The van der Waals surface area contributed by atoms with Gasteiger partial charge in [-0.05, 0) is 36.4 Å². The van der Waals surface area contributed by atoms with Gasteiger partial charge in [0.2, 0.25) is 0 Å². The van der Waals surface area contributed by atoms with Gasteiger partial charge in [-0.2, -0.15) is 0 Å². The molecular formula is C18H20F3IN4O3. The highest BCUT2D eigenvalue weighted by atomic mass is 127. The van der Waals surface area contributed by atoms with Crippen LogP contribution in [0.5, 0.6) is 11.5 Å². The predicted molar refractivity (Wildman–Crippen MR) is 114 cm³/mol. The third kappa shape index (κ3) is 8.46. The minimum Gasteiger partial charge on any atom is -0.497 e. The molecule has 0 bridgehead atoms. The lowest BCUT2D eigenvalue weighted by atomic mass is 10.2. The average molecular weight is 524 g/mol. The van der Waals surface area contributed by atoms with Crippen LogP contribution in [0.3, 0.4) is 0 Å². The van der Waals surface area contributed by atoms with Crippen LogP contribution in [0.4, 0.5) is 18.9 Å². The van der Waals surface area contributed by atoms with Gasteiger partial charge >= 0.3 is 6.36 Å². The Labute approximate surface area is 182 Å². The molecule has 11 heteroatoms. The second kappa shape index (κ2) is 11.3. The minimum absolute atomic E-state index is 0. The molecule has 0 saturated heterocycles. The van der Waals surface area contributed by atoms with Crippen molar-refractivity contribution in [2.75, 3.05) is 25.5 Å². The molecule has 0 saturated carbocycles. The summed E-state index contributed by atoms with van der Waals surface area (Å²) in [5, 5.41) is 5.20. The molecule has 4 N–H and O–H groups in total. The van der Waals surface area contributed by atoms with Gasteiger partial charge in [-0.1, -0.05) is 12.1 Å². The predicted octanol–water partition coefficient (Wildman–Crippen LogP) is 3.37. The van der Waals surface area contributed by atoms with Crippen molar-refractivity contribution < 1.29 is 27.4 Å². The summed E-state index contributed by atoms with van der Waals surface area (Å²) in [6.45, 7) is 0.316. The van der Waals surface area contributed by atoms with Gasteiger partial charge in [0.25, 0.3) is 5.91 Å². The molecule has 0 unspecified atom stereocenters. The fourth-order valence-corrected chi connectivity index (χ4v) is 2.15. The third-order valence-corrected chi connectivity index (χ3v) is 3.41. The largest absolute Gasteiger partial charge is 0.573 e. The van der Waals surface area contributed by atoms with E-state index in [1.807, 2.05) is 0 Å². The molecule has 0 atom stereocenters. The minimum atomic E-state index is -4.82. The number of anilines is 1. The van der Waals surface area contributed by atoms with Gasteiger partial charge in [0.15, 0.2) is 11.7 Å². The summed E-state index contributed by atoms with van der Waals surface area (Å²) in [5.41, 5.74) is 6.14. The van der Waals surface area contributed by atoms with Gasteiger partial charge in [0.05, 0.1) is 19.3 Å². The molecule has 0 aliphatic rings. The van der Waals surface area contributed by atoms with Crippen molar-refractivity contribution in [2.24, 2.45) is 10.7 Å². The fourth-order valence-electron chi connectivity index (χ4n) is 2.15. The van der Waals surface area contributed by atoms with E-state index >= 15 is 0 Å². The van der Waals surface area contributed by atoms with Gasteiger partial charge in [0, 0.05) is 12.1 Å². The third-order valence-electron chi connectivity index (χ3n) is 3.41. The number of aliphatic imine (C=N–C) groups is 1. The molecule has 0 radical (unpaired) electrons. The maximum Gasteiger partial charge on any atom is 0.573 e. The molecule has 0 aliphatic heterocycles. The number of nitrogens with one attached hydrogen (secondary N) is 2. The summed E-state index contributed by atoms with van der Waals surface area (Å²) < 4.78 is 46.2. The summed E-state index contributed by atoms with van der Waals surface area (Å²) >= 11 is 0. The summed E-state index contributed by atoms with van der Waals surface area (Å²) in [7, 11) is 1.53. The standard InChI is InChI=1S/C18H19F3N4O3.HI/c1-27-13-8-6-12(7-9-13)16(26)23-10-11-24-17(22)25-14-4-2-3-5-15(14)28-18(19,20)21;/h2-9H,10-11H2,1H3,(H,23,26)(H3,22,24,25);1H. The first kappa shape index (κ1) is 24.3. The molecule has 2 aromatic carbocycles. The number of carbonyl (C=O) groups is 1. The van der Waals surface area contributed by atoms with Crippen LogP contribution in [-0.2, 0) is 0 Å². The van der Waals surface area contributed by atoms with Crippen LogP contribution in [0.2, 0.25) is 0 Å². The topological polar surface area (TPSA) is 98.0 Å². The van der Waals surface area contributed by atoms with E-state index in [0.717, 1.165) is 6.07 Å². The fraction of sp³-hybridized carbons (Fsp3) is 0.222. The SMILES string of the molecule is COc1ccc(C(=O)NCCN=C(N)Nc2ccccc2OC(F)(F)F)cc1.I. The first-order valence-electron chi connectivity index (χ1n) is 8.12. The zero-order valence-corrected chi connectivity index (χ0v) is 17.7. The second-order valence-electron chi connectivity index (χ2n) is 5.42. The number of nitrogens with two attached hydrogens (primary N) is 1. The molecule has 0 fully saturated rings. The van der Waals surface area contributed by atoms with E-state index in [9.17, 15) is 18.0 Å². The van der Waals surface area contributed by atoms with Crippen molar-refractivity contribution in [2.45, 2.75) is 6.36 Å². The number of para-hydroxylation sites is 2. The van der Waals surface area contributed by atoms with Crippen LogP contribution in [0, 0.1) is 0 Å². The molecule has 2 aromatic rings. The van der Waals surface area contributed by atoms with Crippen molar-refractivity contribution in [3.63, 3.8) is 0 Å². The van der Waals surface area contributed by atoms with Crippen LogP contribution in [-0.4, -0.2) is 38.4 Å². The molecule has 7 nitrogen and oxygen atoms in total. The Balaban J connectivity index is 0.00000420. The highest BCUT2D eigenvalue weighted by Crippen LogP contribution is 2.29. The quantitative estimate of drug-likeness (QED) is 0.224. The molecule has 2 rings (SSSR count). The van der Waals surface area contributed by atoms with E-state index in [0.29, 0.717) is 11.3 Å². The van der Waals surface area contributed by atoms with Crippen molar-refractivity contribution in [1.82, 2.24) is 5.32 Å². The Morgan fingerprint density at radius 3 is 2.41 bits per heavy atom. The number of guanidine groups is 1. The number of halogens is 4. The lowest BCUT2D eigenvalue weighted by Crippen LogP contribution is -2.28. The molecule has 1 amide bonds. The number of carbonyl (C=O) groups excluding carboxylic acids is 1. The van der Waals surface area contributed by atoms with Crippen molar-refractivity contribution >= 4 is 41.5 Å². The molecule has 0 aromatic heterocycles. The first-order valence-corrected chi connectivity index (χ1v) is 8.12. The number of hydrogen-bond acceptors (Lipinski definition) is 4. The number of alkyl halides is 3. The first-order chi connectivity index (χ1) is 13.3. The maximum absolute atomic E-state index is 12.4. The molecule has 0 aliphatic carbocycles. The summed E-state index contributed by atoms with van der Waals surface area (Å²) in [6, 6.07) is 12.0. The number of ether oxygens (including phenoxy) is 2. The zero-order valence-electron chi connectivity index (χ0n) is 15.3. The van der Waals surface area contributed by atoms with Crippen molar-refractivity contribution in [1.29, 1.82) is 0 Å². The lowest BCUT2D eigenvalue weighted by molar-refractivity contribution is -0.274. The molecule has 0 heterocycles. The Morgan fingerprint density at radius 1 is 1.14 bits per heavy atom. The van der Waals surface area contributed by atoms with Gasteiger partial charge in [0.1, 0.15) is 5.75 Å². The number of rotatable bonds is 7. The number of methoxy groups -OCH3 is 1. The molecular weight excluding hydrogens is 504 g/mol. The summed E-state index contributed by atoms with van der Waals surface area (Å²) in [6.07, 6.45) is -4.82. The van der Waals surface area contributed by atoms with Crippen LogP contribution < -0.4 is 25.8 Å². The highest BCUT2D eigenvalue weighted by molar-refractivity contribution is 14.0. The Kier molecular flexibility index (Phi) is 9.51. The van der Waals surface area contributed by atoms with Crippen molar-refractivity contribution in [3.05, 3.63) is 54.1 Å². The highest BCUT2D eigenvalue weighted by Gasteiger charge is 2.32. The van der Waals surface area contributed by atoms with Crippen LogP contribution in [0.1, 0.15) is 10.4 Å². The number of nitrogens with zero attached hydrogens (tertiary/aromatic N) is 1. The van der Waals surface area contributed by atoms with E-state index < -0.39 is 12.1 Å². The van der Waals surface area contributed by atoms with E-state index in [2.05, 4.69) is 20.4 Å². The van der Waals surface area contributed by atoms with Gasteiger partial charge in [-0.15, -0.1) is 37.1 Å². The van der Waals surface area contributed by atoms with Crippen LogP contribution in [0.15, 0.2) is 53.5 Å². The second-order valence-corrected chi connectivity index (χ2v) is 5.42. The van der Waals surface area contributed by atoms with Gasteiger partial charge < -0.3 is 25.8 Å². The Bertz CT molecular complexity index is 830. The summed E-state index contributed by atoms with van der Waals surface area (Å²) in [5.74, 6) is -0.207. The normalized spacial score (nSPS) is 11.2. The van der Waals surface area contributed by atoms with E-state index in [1.54, 1.807) is 24.3 Å². The smallest absolute Gasteiger partial charge is 0.497 e. The maximum atomic E-state index is 12.4. The summed E-state index contributed by atoms with van der Waals surface area (Å²) in [4.78, 5) is 15.9. The lowest BCUT2D eigenvalue weighted by Gasteiger charge is -2.14. The zero-order chi connectivity index (χ0) is 20.6. The van der Waals surface area contributed by atoms with Gasteiger partial charge in [-0.25, -0.2) is 0 Å². The van der Waals surface area contributed by atoms with Crippen LogP contribution in [0.25, 0.3) is 0 Å². The average Bonchev–Trinajstić information content (AvgIpc) is 2.65. The van der Waals surface area contributed by atoms with Crippen molar-refractivity contribution in [3.8, 4) is 11.5 Å². The number of amides is 1. The monoisotopic (exact) mass is 524 g/mol. The van der Waals surface area contributed by atoms with E-state index in [4.69, 9.17) is 10.5 Å². The molecule has 0 spiro atoms. The Morgan fingerprint density at radius 2 is 1.79 bits per heavy atom. The number of hydrogen-bond donors (Lipinski definition) is 3. The van der Waals surface area contributed by atoms with Gasteiger partial charge in [-0.3, -0.25) is 9.79 Å².